The van der Waals surface area contributed by atoms with Crippen LogP contribution in [0.4, 0.5) is 5.69 Å². The summed E-state index contributed by atoms with van der Waals surface area (Å²) in [6.45, 7) is 5.88. The van der Waals surface area contributed by atoms with Gasteiger partial charge in [-0.2, -0.15) is 0 Å². The highest BCUT2D eigenvalue weighted by atomic mass is 32.1. The second-order valence-electron chi connectivity index (χ2n) is 7.02. The van der Waals surface area contributed by atoms with Gasteiger partial charge in [0.2, 0.25) is 0 Å². The van der Waals surface area contributed by atoms with E-state index >= 15 is 0 Å². The molecule has 27 heavy (non-hydrogen) atoms. The maximum atomic E-state index is 12.7. The van der Waals surface area contributed by atoms with E-state index in [1.165, 1.54) is 34.6 Å². The number of fused-ring (bicyclic) bond motifs is 1. The lowest BCUT2D eigenvalue weighted by Crippen LogP contribution is -2.32. The van der Waals surface area contributed by atoms with Crippen LogP contribution in [-0.2, 0) is 28.8 Å². The first-order valence-corrected chi connectivity index (χ1v) is 10.6. The second-order valence-corrected chi connectivity index (χ2v) is 8.16. The molecule has 0 saturated heterocycles. The number of carbonyl (C=O) groups is 2. The van der Waals surface area contributed by atoms with Crippen LogP contribution in [0, 0.1) is 6.92 Å². The Kier molecular flexibility index (Phi) is 6.32. The van der Waals surface area contributed by atoms with E-state index in [2.05, 4.69) is 12.2 Å². The number of rotatable bonds is 6. The standard InChI is InChI=1S/C22H27NO3S/c1-4-15-11-8-9-14(3)20(15)23-21(24)17(5-2)26-22(25)19-13-16-10-6-7-12-18(16)27-19/h8-9,11,13,17H,4-7,10,12H2,1-3H3,(H,23,24). The summed E-state index contributed by atoms with van der Waals surface area (Å²) in [6.07, 6.45) is 4.90. The summed E-state index contributed by atoms with van der Waals surface area (Å²) in [5.41, 5.74) is 4.18. The van der Waals surface area contributed by atoms with Crippen molar-refractivity contribution in [3.63, 3.8) is 0 Å². The largest absolute Gasteiger partial charge is 0.448 e. The number of anilines is 1. The van der Waals surface area contributed by atoms with Gasteiger partial charge in [-0.05, 0) is 68.2 Å². The van der Waals surface area contributed by atoms with Crippen molar-refractivity contribution in [2.45, 2.75) is 65.4 Å². The highest BCUT2D eigenvalue weighted by molar-refractivity contribution is 7.14. The second kappa shape index (κ2) is 8.70. The Labute approximate surface area is 164 Å². The zero-order chi connectivity index (χ0) is 19.4. The van der Waals surface area contributed by atoms with Crippen molar-refractivity contribution in [3.8, 4) is 0 Å². The summed E-state index contributed by atoms with van der Waals surface area (Å²) in [5, 5.41) is 2.97. The van der Waals surface area contributed by atoms with Crippen LogP contribution in [0.2, 0.25) is 0 Å². The molecule has 5 heteroatoms. The van der Waals surface area contributed by atoms with Crippen molar-refractivity contribution in [2.24, 2.45) is 0 Å². The minimum absolute atomic E-state index is 0.267. The molecular formula is C22H27NO3S. The molecule has 1 amide bonds. The van der Waals surface area contributed by atoms with Gasteiger partial charge in [0.15, 0.2) is 6.10 Å². The van der Waals surface area contributed by atoms with Gasteiger partial charge < -0.3 is 10.1 Å². The fourth-order valence-electron chi connectivity index (χ4n) is 3.51. The fourth-order valence-corrected chi connectivity index (χ4v) is 4.64. The number of ether oxygens (including phenoxy) is 1. The van der Waals surface area contributed by atoms with Gasteiger partial charge in [-0.3, -0.25) is 4.79 Å². The summed E-state index contributed by atoms with van der Waals surface area (Å²) in [7, 11) is 0. The molecule has 1 aliphatic rings. The van der Waals surface area contributed by atoms with Gasteiger partial charge in [0.25, 0.3) is 5.91 Å². The number of para-hydroxylation sites is 1. The van der Waals surface area contributed by atoms with Gasteiger partial charge in [-0.1, -0.05) is 32.0 Å². The molecule has 1 atom stereocenters. The third-order valence-electron chi connectivity index (χ3n) is 5.10. The van der Waals surface area contributed by atoms with E-state index in [1.807, 2.05) is 38.1 Å². The molecular weight excluding hydrogens is 358 g/mol. The minimum atomic E-state index is -0.791. The van der Waals surface area contributed by atoms with Crippen LogP contribution < -0.4 is 5.32 Å². The molecule has 144 valence electrons. The summed E-state index contributed by atoms with van der Waals surface area (Å²) < 4.78 is 5.57. The highest BCUT2D eigenvalue weighted by Crippen LogP contribution is 2.30. The van der Waals surface area contributed by atoms with Gasteiger partial charge >= 0.3 is 5.97 Å². The van der Waals surface area contributed by atoms with Crippen LogP contribution in [0.3, 0.4) is 0 Å². The van der Waals surface area contributed by atoms with Gasteiger partial charge in [-0.15, -0.1) is 11.3 Å². The van der Waals surface area contributed by atoms with E-state index in [0.29, 0.717) is 11.3 Å². The van der Waals surface area contributed by atoms with E-state index < -0.39 is 12.1 Å². The van der Waals surface area contributed by atoms with Crippen molar-refractivity contribution < 1.29 is 14.3 Å². The predicted octanol–water partition coefficient (Wildman–Crippen LogP) is 5.07. The van der Waals surface area contributed by atoms with Crippen LogP contribution in [0.15, 0.2) is 24.3 Å². The monoisotopic (exact) mass is 385 g/mol. The maximum Gasteiger partial charge on any atom is 0.349 e. The molecule has 1 aromatic carbocycles. The average molecular weight is 386 g/mol. The molecule has 0 spiro atoms. The topological polar surface area (TPSA) is 55.4 Å². The Morgan fingerprint density at radius 1 is 1.22 bits per heavy atom. The molecule has 1 aliphatic carbocycles. The molecule has 0 fully saturated rings. The predicted molar refractivity (Wildman–Crippen MR) is 110 cm³/mol. The lowest BCUT2D eigenvalue weighted by atomic mass is 9.99. The van der Waals surface area contributed by atoms with Gasteiger partial charge in [0.05, 0.1) is 0 Å². The fraction of sp³-hybridized carbons (Fsp3) is 0.455. The number of hydrogen-bond acceptors (Lipinski definition) is 4. The van der Waals surface area contributed by atoms with Crippen LogP contribution >= 0.6 is 11.3 Å². The summed E-state index contributed by atoms with van der Waals surface area (Å²) in [6, 6.07) is 7.91. The molecule has 1 N–H and O–H groups in total. The normalized spacial score (nSPS) is 14.3. The number of carbonyl (C=O) groups excluding carboxylic acids is 2. The molecule has 1 unspecified atom stereocenters. The number of nitrogens with one attached hydrogen (secondary N) is 1. The molecule has 1 aromatic heterocycles. The van der Waals surface area contributed by atoms with E-state index in [4.69, 9.17) is 4.74 Å². The van der Waals surface area contributed by atoms with Crippen LogP contribution in [0.25, 0.3) is 0 Å². The van der Waals surface area contributed by atoms with Crippen molar-refractivity contribution in [1.29, 1.82) is 0 Å². The first-order chi connectivity index (χ1) is 13.0. The molecule has 0 saturated carbocycles. The van der Waals surface area contributed by atoms with E-state index in [-0.39, 0.29) is 5.91 Å². The summed E-state index contributed by atoms with van der Waals surface area (Å²) >= 11 is 1.51. The molecule has 0 bridgehead atoms. The molecule has 3 rings (SSSR count). The smallest absolute Gasteiger partial charge is 0.349 e. The van der Waals surface area contributed by atoms with E-state index in [0.717, 1.165) is 36.1 Å². The quantitative estimate of drug-likeness (QED) is 0.706. The number of amides is 1. The Bertz CT molecular complexity index is 817. The zero-order valence-corrected chi connectivity index (χ0v) is 17.1. The number of esters is 1. The molecule has 4 nitrogen and oxygen atoms in total. The lowest BCUT2D eigenvalue weighted by Gasteiger charge is -2.18. The van der Waals surface area contributed by atoms with E-state index in [9.17, 15) is 9.59 Å². The van der Waals surface area contributed by atoms with Crippen molar-refractivity contribution >= 4 is 28.9 Å². The number of hydrogen-bond donors (Lipinski definition) is 1. The van der Waals surface area contributed by atoms with E-state index in [1.54, 1.807) is 0 Å². The number of aryl methyl sites for hydroxylation is 4. The van der Waals surface area contributed by atoms with Crippen LogP contribution in [0.5, 0.6) is 0 Å². The molecule has 0 radical (unpaired) electrons. The van der Waals surface area contributed by atoms with Crippen molar-refractivity contribution in [2.75, 3.05) is 5.32 Å². The summed E-state index contributed by atoms with van der Waals surface area (Å²) in [4.78, 5) is 27.2. The van der Waals surface area contributed by atoms with Crippen LogP contribution in [0.1, 0.15) is 64.3 Å². The Balaban J connectivity index is 1.70. The Morgan fingerprint density at radius 3 is 2.70 bits per heavy atom. The third kappa shape index (κ3) is 4.41. The summed E-state index contributed by atoms with van der Waals surface area (Å²) in [5.74, 6) is -0.659. The van der Waals surface area contributed by atoms with Gasteiger partial charge in [0.1, 0.15) is 4.88 Å². The first-order valence-electron chi connectivity index (χ1n) is 9.75. The van der Waals surface area contributed by atoms with Crippen LogP contribution in [-0.4, -0.2) is 18.0 Å². The van der Waals surface area contributed by atoms with Crippen molar-refractivity contribution in [1.82, 2.24) is 0 Å². The zero-order valence-electron chi connectivity index (χ0n) is 16.3. The SMILES string of the molecule is CCc1cccc(C)c1NC(=O)C(CC)OC(=O)c1cc2c(s1)CCCC2. The number of benzene rings is 1. The maximum absolute atomic E-state index is 12.7. The number of thiophene rings is 1. The van der Waals surface area contributed by atoms with Gasteiger partial charge in [-0.25, -0.2) is 4.79 Å². The molecule has 0 aliphatic heterocycles. The average Bonchev–Trinajstić information content (AvgIpc) is 3.11. The third-order valence-corrected chi connectivity index (χ3v) is 6.32. The Hall–Kier alpha value is -2.14. The van der Waals surface area contributed by atoms with Crippen molar-refractivity contribution in [3.05, 3.63) is 50.7 Å². The Morgan fingerprint density at radius 2 is 2.00 bits per heavy atom. The van der Waals surface area contributed by atoms with Gasteiger partial charge in [0, 0.05) is 10.6 Å². The lowest BCUT2D eigenvalue weighted by molar-refractivity contribution is -0.124. The molecule has 1 heterocycles. The highest BCUT2D eigenvalue weighted by Gasteiger charge is 2.25. The minimum Gasteiger partial charge on any atom is -0.448 e. The first kappa shape index (κ1) is 19.6. The molecule has 2 aromatic rings.